The van der Waals surface area contributed by atoms with Crippen molar-refractivity contribution >= 4 is 0 Å². The highest BCUT2D eigenvalue weighted by Crippen LogP contribution is 2.27. The molecule has 1 N–H and O–H groups in total. The monoisotopic (exact) mass is 353 g/mol. The second-order valence-electron chi connectivity index (χ2n) is 6.43. The predicted octanol–water partition coefficient (Wildman–Crippen LogP) is 2.39. The van der Waals surface area contributed by atoms with E-state index in [1.165, 1.54) is 0 Å². The van der Waals surface area contributed by atoms with Crippen LogP contribution >= 0.6 is 0 Å². The van der Waals surface area contributed by atoms with Crippen LogP contribution in [0.25, 0.3) is 11.3 Å². The quantitative estimate of drug-likeness (QED) is 0.763. The van der Waals surface area contributed by atoms with Crippen LogP contribution in [-0.2, 0) is 18.3 Å². The molecule has 1 aromatic carbocycles. The maximum atomic E-state index is 5.72. The maximum Gasteiger partial charge on any atom is 0.126 e. The molecule has 0 saturated carbocycles. The lowest BCUT2D eigenvalue weighted by Crippen LogP contribution is -2.40. The zero-order chi connectivity index (χ0) is 17.9. The maximum absolute atomic E-state index is 5.72. The van der Waals surface area contributed by atoms with Gasteiger partial charge in [0.05, 0.1) is 44.8 Å². The first-order valence-electron chi connectivity index (χ1n) is 8.72. The van der Waals surface area contributed by atoms with E-state index >= 15 is 0 Å². The van der Waals surface area contributed by atoms with E-state index in [4.69, 9.17) is 9.47 Å². The van der Waals surface area contributed by atoms with Crippen molar-refractivity contribution in [3.05, 3.63) is 54.5 Å². The Morgan fingerprint density at radius 2 is 2.12 bits per heavy atom. The van der Waals surface area contributed by atoms with Crippen molar-refractivity contribution in [1.82, 2.24) is 24.4 Å². The number of nitrogens with zero attached hydrogens (tertiary/aromatic N) is 4. The number of ether oxygens (including phenoxy) is 2. The molecule has 1 aliphatic heterocycles. The summed E-state index contributed by atoms with van der Waals surface area (Å²) in [7, 11) is 3.69. The van der Waals surface area contributed by atoms with Crippen LogP contribution < -0.4 is 4.74 Å². The van der Waals surface area contributed by atoms with E-state index in [1.54, 1.807) is 7.11 Å². The number of aromatic amines is 1. The molecule has 1 unspecified atom stereocenters. The van der Waals surface area contributed by atoms with Gasteiger partial charge in [0.1, 0.15) is 17.4 Å². The summed E-state index contributed by atoms with van der Waals surface area (Å²) < 4.78 is 13.0. The van der Waals surface area contributed by atoms with Crippen molar-refractivity contribution in [3.63, 3.8) is 0 Å². The highest BCUT2D eigenvalue weighted by molar-refractivity contribution is 5.59. The van der Waals surface area contributed by atoms with Crippen molar-refractivity contribution in [1.29, 1.82) is 0 Å². The highest BCUT2D eigenvalue weighted by Gasteiger charge is 2.28. The molecule has 0 amide bonds. The molecule has 7 heteroatoms. The normalized spacial score (nSPS) is 18.2. The molecule has 1 saturated heterocycles. The lowest BCUT2D eigenvalue weighted by Gasteiger charge is -2.34. The minimum absolute atomic E-state index is 0.0902. The van der Waals surface area contributed by atoms with Crippen molar-refractivity contribution in [3.8, 4) is 17.0 Å². The number of hydrogen-bond donors (Lipinski definition) is 1. The molecule has 0 aliphatic carbocycles. The van der Waals surface area contributed by atoms with E-state index in [2.05, 4.69) is 24.4 Å². The second kappa shape index (κ2) is 7.31. The van der Waals surface area contributed by atoms with E-state index < -0.39 is 0 Å². The molecular weight excluding hydrogens is 330 g/mol. The van der Waals surface area contributed by atoms with Crippen LogP contribution in [0.5, 0.6) is 5.75 Å². The Morgan fingerprint density at radius 1 is 1.27 bits per heavy atom. The van der Waals surface area contributed by atoms with Crippen molar-refractivity contribution < 1.29 is 9.47 Å². The number of H-pyrrole nitrogens is 1. The molecule has 2 aromatic heterocycles. The summed E-state index contributed by atoms with van der Waals surface area (Å²) in [5.74, 6) is 2.80. The van der Waals surface area contributed by atoms with E-state index in [1.807, 2.05) is 49.9 Å². The van der Waals surface area contributed by atoms with Gasteiger partial charge in [-0.05, 0) is 29.8 Å². The minimum atomic E-state index is 0.0902. The number of benzene rings is 1. The molecule has 0 radical (unpaired) electrons. The van der Waals surface area contributed by atoms with Crippen molar-refractivity contribution in [2.24, 2.45) is 7.05 Å². The van der Waals surface area contributed by atoms with Gasteiger partial charge < -0.3 is 19.0 Å². The first kappa shape index (κ1) is 16.8. The topological polar surface area (TPSA) is 68.2 Å². The third kappa shape index (κ3) is 3.36. The summed E-state index contributed by atoms with van der Waals surface area (Å²) in [4.78, 5) is 14.9. The fourth-order valence-corrected chi connectivity index (χ4v) is 3.23. The summed E-state index contributed by atoms with van der Waals surface area (Å²) >= 11 is 0. The Morgan fingerprint density at radius 3 is 2.85 bits per heavy atom. The average molecular weight is 353 g/mol. The van der Waals surface area contributed by atoms with Gasteiger partial charge in [0, 0.05) is 26.0 Å². The van der Waals surface area contributed by atoms with Crippen LogP contribution in [-0.4, -0.2) is 51.3 Å². The van der Waals surface area contributed by atoms with Gasteiger partial charge in [-0.3, -0.25) is 4.90 Å². The molecule has 0 bridgehead atoms. The van der Waals surface area contributed by atoms with E-state index in [0.29, 0.717) is 6.61 Å². The number of aryl methyl sites for hydroxylation is 1. The lowest BCUT2D eigenvalue weighted by molar-refractivity contribution is -0.0170. The molecule has 4 rings (SSSR count). The third-order valence-corrected chi connectivity index (χ3v) is 4.82. The number of methoxy groups -OCH3 is 1. The number of aromatic nitrogens is 4. The lowest BCUT2D eigenvalue weighted by atomic mass is 10.1. The van der Waals surface area contributed by atoms with Crippen LogP contribution in [0.2, 0.25) is 0 Å². The number of rotatable bonds is 5. The molecule has 1 aliphatic rings. The SMILES string of the molecule is COc1ccc(-c2cnc(C3COCCN3Cc3nccn3C)[nH]2)cc1. The standard InChI is InChI=1S/C19H23N5O2/c1-23-8-7-20-18(23)12-24-9-10-26-13-17(24)19-21-11-16(22-19)14-3-5-15(25-2)6-4-14/h3-8,11,17H,9-10,12-13H2,1-2H3,(H,21,22). The summed E-state index contributed by atoms with van der Waals surface area (Å²) in [6.45, 7) is 2.99. The minimum Gasteiger partial charge on any atom is -0.497 e. The van der Waals surface area contributed by atoms with Gasteiger partial charge in [-0.1, -0.05) is 0 Å². The molecule has 1 atom stereocenters. The number of hydrogen-bond acceptors (Lipinski definition) is 5. The summed E-state index contributed by atoms with van der Waals surface area (Å²) in [5.41, 5.74) is 2.07. The first-order chi connectivity index (χ1) is 12.7. The number of imidazole rings is 2. The zero-order valence-corrected chi connectivity index (χ0v) is 15.1. The van der Waals surface area contributed by atoms with Gasteiger partial charge in [0.15, 0.2) is 0 Å². The van der Waals surface area contributed by atoms with E-state index in [-0.39, 0.29) is 6.04 Å². The Balaban J connectivity index is 1.55. The van der Waals surface area contributed by atoms with Gasteiger partial charge in [-0.15, -0.1) is 0 Å². The van der Waals surface area contributed by atoms with E-state index in [9.17, 15) is 0 Å². The molecule has 26 heavy (non-hydrogen) atoms. The number of morpholine rings is 1. The molecule has 7 nitrogen and oxygen atoms in total. The highest BCUT2D eigenvalue weighted by atomic mass is 16.5. The predicted molar refractivity (Wildman–Crippen MR) is 97.8 cm³/mol. The van der Waals surface area contributed by atoms with Gasteiger partial charge >= 0.3 is 0 Å². The van der Waals surface area contributed by atoms with Crippen molar-refractivity contribution in [2.45, 2.75) is 12.6 Å². The zero-order valence-electron chi connectivity index (χ0n) is 15.1. The van der Waals surface area contributed by atoms with Crippen LogP contribution in [0.4, 0.5) is 0 Å². The molecule has 0 spiro atoms. The van der Waals surface area contributed by atoms with Gasteiger partial charge in [-0.2, -0.15) is 0 Å². The average Bonchev–Trinajstić information content (AvgIpc) is 3.32. The molecule has 3 aromatic rings. The van der Waals surface area contributed by atoms with Crippen LogP contribution in [0, 0.1) is 0 Å². The molecule has 136 valence electrons. The van der Waals surface area contributed by atoms with Crippen LogP contribution in [0.1, 0.15) is 17.7 Å². The summed E-state index contributed by atoms with van der Waals surface area (Å²) in [6, 6.07) is 8.05. The van der Waals surface area contributed by atoms with E-state index in [0.717, 1.165) is 48.4 Å². The van der Waals surface area contributed by atoms with Crippen LogP contribution in [0.3, 0.4) is 0 Å². The molecule has 3 heterocycles. The smallest absolute Gasteiger partial charge is 0.126 e. The van der Waals surface area contributed by atoms with Gasteiger partial charge in [0.2, 0.25) is 0 Å². The Labute approximate surface area is 152 Å². The Hall–Kier alpha value is -2.64. The fourth-order valence-electron chi connectivity index (χ4n) is 3.23. The van der Waals surface area contributed by atoms with Crippen molar-refractivity contribution in [2.75, 3.05) is 26.9 Å². The van der Waals surface area contributed by atoms with Crippen LogP contribution in [0.15, 0.2) is 42.9 Å². The summed E-state index contributed by atoms with van der Waals surface area (Å²) in [5, 5.41) is 0. The summed E-state index contributed by atoms with van der Waals surface area (Å²) in [6.07, 6.45) is 5.68. The fraction of sp³-hybridized carbons (Fsp3) is 0.368. The third-order valence-electron chi connectivity index (χ3n) is 4.82. The number of nitrogens with one attached hydrogen (secondary N) is 1. The Kier molecular flexibility index (Phi) is 4.73. The second-order valence-corrected chi connectivity index (χ2v) is 6.43. The van der Waals surface area contributed by atoms with Gasteiger partial charge in [0.25, 0.3) is 0 Å². The Bertz CT molecular complexity index is 855. The molecular formula is C19H23N5O2. The molecule has 1 fully saturated rings. The first-order valence-corrected chi connectivity index (χ1v) is 8.72. The van der Waals surface area contributed by atoms with Gasteiger partial charge in [-0.25, -0.2) is 9.97 Å². The largest absolute Gasteiger partial charge is 0.497 e.